The number of ether oxygens (including phenoxy) is 2. The Hall–Kier alpha value is -3.34. The molecule has 0 heterocycles. The van der Waals surface area contributed by atoms with Gasteiger partial charge in [-0.1, -0.05) is 12.1 Å². The molecule has 0 saturated heterocycles. The lowest BCUT2D eigenvalue weighted by molar-refractivity contribution is -0.119. The van der Waals surface area contributed by atoms with Gasteiger partial charge in [-0.25, -0.2) is 18.0 Å². The lowest BCUT2D eigenvalue weighted by atomic mass is 10.2. The van der Waals surface area contributed by atoms with Gasteiger partial charge in [-0.05, 0) is 36.4 Å². The number of carbonyl (C=O) groups excluding carboxylic acids is 3. The number of sulfone groups is 1. The highest BCUT2D eigenvalue weighted by Gasteiger charge is 2.26. The molecule has 2 aromatic carbocycles. The Labute approximate surface area is 164 Å². The van der Waals surface area contributed by atoms with Crippen LogP contribution in [-0.2, 0) is 24.1 Å². The third kappa shape index (κ3) is 5.35. The predicted molar refractivity (Wildman–Crippen MR) is 96.3 cm³/mol. The molecule has 0 fully saturated rings. The molecule has 0 radical (unpaired) electrons. The second-order valence-electron chi connectivity index (χ2n) is 5.49. The van der Waals surface area contributed by atoms with Crippen LogP contribution in [-0.4, -0.2) is 45.7 Å². The van der Waals surface area contributed by atoms with Crippen molar-refractivity contribution in [3.63, 3.8) is 0 Å². The topological polar surface area (TPSA) is 116 Å². The van der Waals surface area contributed by atoms with Gasteiger partial charge in [0.15, 0.2) is 6.61 Å². The normalized spacial score (nSPS) is 11.0. The molecule has 0 aliphatic rings. The van der Waals surface area contributed by atoms with Crippen LogP contribution in [0, 0.1) is 0 Å². The molecule has 29 heavy (non-hydrogen) atoms. The first-order chi connectivity index (χ1) is 13.7. The van der Waals surface area contributed by atoms with Crippen LogP contribution in [0.2, 0.25) is 0 Å². The number of halogens is 2. The molecule has 1 N–H and O–H groups in total. The van der Waals surface area contributed by atoms with Gasteiger partial charge in [-0.3, -0.25) is 4.79 Å². The average molecular weight is 427 g/mol. The van der Waals surface area contributed by atoms with Gasteiger partial charge in [0.1, 0.15) is 0 Å². The summed E-state index contributed by atoms with van der Waals surface area (Å²) in [6, 6.07) is 9.68. The molecule has 0 aliphatic heterocycles. The largest absolute Gasteiger partial charge is 0.465 e. The molecular weight excluding hydrogens is 412 g/mol. The van der Waals surface area contributed by atoms with E-state index in [1.54, 1.807) is 12.1 Å². The van der Waals surface area contributed by atoms with E-state index in [1.165, 1.54) is 19.2 Å². The number of alkyl halides is 2. The zero-order valence-corrected chi connectivity index (χ0v) is 15.7. The SMILES string of the molecule is COC(=O)c1ccccc1NC(=O)COC(=O)c1ccc(S(=O)(=O)C(F)F)cc1. The summed E-state index contributed by atoms with van der Waals surface area (Å²) in [6.45, 7) is -0.703. The quantitative estimate of drug-likeness (QED) is 0.674. The van der Waals surface area contributed by atoms with E-state index in [0.29, 0.717) is 0 Å². The molecule has 0 aromatic heterocycles. The lowest BCUT2D eigenvalue weighted by Crippen LogP contribution is -2.22. The third-order valence-corrected chi connectivity index (χ3v) is 4.99. The van der Waals surface area contributed by atoms with Crippen LogP contribution in [0.3, 0.4) is 0 Å². The van der Waals surface area contributed by atoms with Gasteiger partial charge in [0.05, 0.1) is 28.8 Å². The fourth-order valence-corrected chi connectivity index (χ4v) is 2.89. The minimum absolute atomic E-state index is 0.102. The highest BCUT2D eigenvalue weighted by Crippen LogP contribution is 2.19. The minimum atomic E-state index is -4.78. The molecule has 0 unspecified atom stereocenters. The number of esters is 2. The Balaban J connectivity index is 1.99. The van der Waals surface area contributed by atoms with Gasteiger partial charge < -0.3 is 14.8 Å². The predicted octanol–water partition coefficient (Wildman–Crippen LogP) is 2.27. The number of anilines is 1. The highest BCUT2D eigenvalue weighted by atomic mass is 32.2. The summed E-state index contributed by atoms with van der Waals surface area (Å²) in [5.74, 6) is -5.97. The van der Waals surface area contributed by atoms with E-state index in [9.17, 15) is 31.6 Å². The average Bonchev–Trinajstić information content (AvgIpc) is 2.71. The second-order valence-corrected chi connectivity index (χ2v) is 7.41. The van der Waals surface area contributed by atoms with Crippen LogP contribution in [0.15, 0.2) is 53.4 Å². The Morgan fingerprint density at radius 1 is 1.00 bits per heavy atom. The molecule has 0 bridgehead atoms. The maximum absolute atomic E-state index is 12.5. The van der Waals surface area contributed by atoms with Crippen molar-refractivity contribution >= 4 is 33.4 Å². The van der Waals surface area contributed by atoms with Crippen molar-refractivity contribution in [1.82, 2.24) is 0 Å². The van der Waals surface area contributed by atoms with Crippen LogP contribution in [0.1, 0.15) is 20.7 Å². The number of hydrogen-bond acceptors (Lipinski definition) is 7. The molecule has 1 amide bonds. The maximum Gasteiger partial charge on any atom is 0.341 e. The number of methoxy groups -OCH3 is 1. The molecule has 11 heteroatoms. The lowest BCUT2D eigenvalue weighted by Gasteiger charge is -2.10. The number of carbonyl (C=O) groups is 3. The van der Waals surface area contributed by atoms with E-state index in [-0.39, 0.29) is 16.8 Å². The van der Waals surface area contributed by atoms with Crippen molar-refractivity contribution in [3.8, 4) is 0 Å². The molecule has 0 spiro atoms. The van der Waals surface area contributed by atoms with Gasteiger partial charge in [0, 0.05) is 0 Å². The van der Waals surface area contributed by atoms with Crippen LogP contribution in [0.5, 0.6) is 0 Å². The Kier molecular flexibility index (Phi) is 6.99. The van der Waals surface area contributed by atoms with Crippen molar-refractivity contribution in [1.29, 1.82) is 0 Å². The van der Waals surface area contributed by atoms with Crippen molar-refractivity contribution in [2.24, 2.45) is 0 Å². The number of amides is 1. The summed E-state index contributed by atoms with van der Waals surface area (Å²) in [6.07, 6.45) is 0. The van der Waals surface area contributed by atoms with Crippen LogP contribution in [0.25, 0.3) is 0 Å². The Morgan fingerprint density at radius 3 is 2.21 bits per heavy atom. The summed E-state index contributed by atoms with van der Waals surface area (Å²) in [4.78, 5) is 34.9. The van der Waals surface area contributed by atoms with Crippen LogP contribution >= 0.6 is 0 Å². The van der Waals surface area contributed by atoms with Crippen LogP contribution in [0.4, 0.5) is 14.5 Å². The summed E-state index contributed by atoms with van der Waals surface area (Å²) < 4.78 is 57.1. The van der Waals surface area contributed by atoms with E-state index in [0.717, 1.165) is 24.3 Å². The van der Waals surface area contributed by atoms with Gasteiger partial charge >= 0.3 is 17.7 Å². The number of benzene rings is 2. The van der Waals surface area contributed by atoms with Gasteiger partial charge in [-0.2, -0.15) is 8.78 Å². The fraction of sp³-hybridized carbons (Fsp3) is 0.167. The highest BCUT2D eigenvalue weighted by molar-refractivity contribution is 7.91. The van der Waals surface area contributed by atoms with Crippen LogP contribution < -0.4 is 5.32 Å². The molecular formula is C18H15F2NO7S. The first-order valence-electron chi connectivity index (χ1n) is 7.93. The zero-order valence-electron chi connectivity index (χ0n) is 14.9. The first-order valence-corrected chi connectivity index (χ1v) is 9.48. The van der Waals surface area contributed by atoms with E-state index in [1.807, 2.05) is 0 Å². The molecule has 154 valence electrons. The Bertz CT molecular complexity index is 1020. The first kappa shape index (κ1) is 22.0. The van der Waals surface area contributed by atoms with Crippen molar-refractivity contribution in [2.75, 3.05) is 19.0 Å². The minimum Gasteiger partial charge on any atom is -0.465 e. The maximum atomic E-state index is 12.5. The summed E-state index contributed by atoms with van der Waals surface area (Å²) >= 11 is 0. The van der Waals surface area contributed by atoms with Crippen molar-refractivity contribution in [2.45, 2.75) is 10.7 Å². The summed E-state index contributed by atoms with van der Waals surface area (Å²) in [5, 5.41) is 2.39. The molecule has 0 atom stereocenters. The fourth-order valence-electron chi connectivity index (χ4n) is 2.16. The smallest absolute Gasteiger partial charge is 0.341 e. The van der Waals surface area contributed by atoms with E-state index < -0.39 is 44.9 Å². The third-order valence-electron chi connectivity index (χ3n) is 3.59. The molecule has 0 saturated carbocycles. The standard InChI is InChI=1S/C18H15F2NO7S/c1-27-17(24)13-4-2-3-5-14(13)21-15(22)10-28-16(23)11-6-8-12(9-7-11)29(25,26)18(19)20/h2-9,18H,10H2,1H3,(H,21,22). The molecule has 8 nitrogen and oxygen atoms in total. The zero-order chi connectivity index (χ0) is 21.6. The molecule has 2 rings (SSSR count). The van der Waals surface area contributed by atoms with Gasteiger partial charge in [0.25, 0.3) is 5.91 Å². The summed E-state index contributed by atoms with van der Waals surface area (Å²) in [5.41, 5.74) is 0.119. The van der Waals surface area contributed by atoms with Gasteiger partial charge in [-0.15, -0.1) is 0 Å². The molecule has 0 aliphatic carbocycles. The number of nitrogens with one attached hydrogen (secondary N) is 1. The summed E-state index contributed by atoms with van der Waals surface area (Å²) in [7, 11) is -3.60. The van der Waals surface area contributed by atoms with Crippen molar-refractivity contribution in [3.05, 3.63) is 59.7 Å². The number of para-hydroxylation sites is 1. The second kappa shape index (κ2) is 9.24. The number of rotatable bonds is 7. The molecule has 2 aromatic rings. The van der Waals surface area contributed by atoms with Crippen molar-refractivity contribution < 1.29 is 41.1 Å². The van der Waals surface area contributed by atoms with E-state index >= 15 is 0 Å². The van der Waals surface area contributed by atoms with E-state index in [2.05, 4.69) is 10.1 Å². The number of hydrogen-bond donors (Lipinski definition) is 1. The van der Waals surface area contributed by atoms with Gasteiger partial charge in [0.2, 0.25) is 9.84 Å². The van der Waals surface area contributed by atoms with E-state index in [4.69, 9.17) is 4.74 Å². The monoisotopic (exact) mass is 427 g/mol. The Morgan fingerprint density at radius 2 is 1.62 bits per heavy atom.